The molecule has 0 amide bonds. The van der Waals surface area contributed by atoms with Crippen LogP contribution in [0.3, 0.4) is 0 Å². The lowest BCUT2D eigenvalue weighted by molar-refractivity contribution is 0.669. The molecule has 6 nitrogen and oxygen atoms in total. The molecule has 0 spiro atoms. The first-order valence-electron chi connectivity index (χ1n) is 19.6. The van der Waals surface area contributed by atoms with Gasteiger partial charge in [0, 0.05) is 38.6 Å². The number of hydrogen-bond donors (Lipinski definition) is 0. The highest BCUT2D eigenvalue weighted by Gasteiger charge is 2.19. The number of hydrogen-bond acceptors (Lipinski definition) is 6. The molecule has 0 aliphatic carbocycles. The molecule has 6 heteroatoms. The Kier molecular flexibility index (Phi) is 8.37. The van der Waals surface area contributed by atoms with Crippen LogP contribution in [0.1, 0.15) is 0 Å². The molecule has 59 heavy (non-hydrogen) atoms. The molecule has 276 valence electrons. The van der Waals surface area contributed by atoms with Crippen molar-refractivity contribution < 1.29 is 4.42 Å². The second-order valence-corrected chi connectivity index (χ2v) is 14.5. The maximum absolute atomic E-state index is 6.43. The lowest BCUT2D eigenvalue weighted by atomic mass is 9.98. The molecular weight excluding hydrogens is 723 g/mol. The number of rotatable bonds is 7. The van der Waals surface area contributed by atoms with Crippen molar-refractivity contribution in [2.45, 2.75) is 0 Å². The molecule has 11 rings (SSSR count). The zero-order valence-corrected chi connectivity index (χ0v) is 31.7. The standard InChI is InChI=1S/C53H33N5O/c1-3-16-35(17-4-1)50-54-46(33-47(55-50)42-27-13-20-34-15-7-8-25-41(34)42)39-23-11-21-37(31-39)38-22-12-24-40(32-38)52-56-51(36-18-5-2-6-19-36)57-53(58-52)45-29-14-28-44-43-26-9-10-30-48(43)59-49(44)45/h1-33H. The van der Waals surface area contributed by atoms with Crippen LogP contribution in [0.2, 0.25) is 0 Å². The van der Waals surface area contributed by atoms with Crippen LogP contribution in [0, 0.1) is 0 Å². The fourth-order valence-electron chi connectivity index (χ4n) is 7.86. The molecule has 3 aromatic heterocycles. The number of para-hydroxylation sites is 2. The second-order valence-electron chi connectivity index (χ2n) is 14.5. The van der Waals surface area contributed by atoms with Crippen LogP contribution >= 0.6 is 0 Å². The summed E-state index contributed by atoms with van der Waals surface area (Å²) in [6.45, 7) is 0. The Labute approximate surface area is 340 Å². The zero-order chi connectivity index (χ0) is 39.1. The minimum Gasteiger partial charge on any atom is -0.455 e. The van der Waals surface area contributed by atoms with E-state index in [2.05, 4.69) is 121 Å². The molecule has 11 aromatic rings. The van der Waals surface area contributed by atoms with Crippen molar-refractivity contribution in [2.24, 2.45) is 0 Å². The van der Waals surface area contributed by atoms with Gasteiger partial charge in [0.05, 0.1) is 17.0 Å². The van der Waals surface area contributed by atoms with E-state index in [0.29, 0.717) is 23.3 Å². The number of benzene rings is 8. The van der Waals surface area contributed by atoms with Crippen LogP contribution in [0.25, 0.3) is 112 Å². The van der Waals surface area contributed by atoms with Crippen LogP contribution in [-0.2, 0) is 0 Å². The molecule has 0 aliphatic heterocycles. The Bertz CT molecular complexity index is 3340. The van der Waals surface area contributed by atoms with Gasteiger partial charge >= 0.3 is 0 Å². The van der Waals surface area contributed by atoms with Gasteiger partial charge in [0.2, 0.25) is 0 Å². The summed E-state index contributed by atoms with van der Waals surface area (Å²) < 4.78 is 6.43. The van der Waals surface area contributed by atoms with E-state index in [1.54, 1.807) is 0 Å². The smallest absolute Gasteiger partial charge is 0.167 e. The monoisotopic (exact) mass is 755 g/mol. The van der Waals surface area contributed by atoms with Crippen LogP contribution in [0.5, 0.6) is 0 Å². The van der Waals surface area contributed by atoms with Gasteiger partial charge in [0.25, 0.3) is 0 Å². The summed E-state index contributed by atoms with van der Waals surface area (Å²) >= 11 is 0. The van der Waals surface area contributed by atoms with Crippen molar-refractivity contribution >= 4 is 32.7 Å². The Morgan fingerprint density at radius 3 is 1.56 bits per heavy atom. The molecule has 0 atom stereocenters. The van der Waals surface area contributed by atoms with Gasteiger partial charge in [-0.15, -0.1) is 0 Å². The molecule has 0 bridgehead atoms. The minimum absolute atomic E-state index is 0.547. The molecule has 0 fully saturated rings. The van der Waals surface area contributed by atoms with Crippen molar-refractivity contribution in [3.05, 3.63) is 200 Å². The average Bonchev–Trinajstić information content (AvgIpc) is 3.71. The van der Waals surface area contributed by atoms with Crippen LogP contribution < -0.4 is 0 Å². The third-order valence-corrected chi connectivity index (χ3v) is 10.7. The van der Waals surface area contributed by atoms with Crippen molar-refractivity contribution in [2.75, 3.05) is 0 Å². The molecule has 0 aliphatic rings. The SMILES string of the molecule is c1ccc(-c2nc(-c3cccc(-c4cccc(-c5nc(-c6ccccc6)nc(-c6cccc7c6oc6ccccc67)n5)c4)c3)cc(-c3cccc4ccccc34)n2)cc1. The van der Waals surface area contributed by atoms with E-state index >= 15 is 0 Å². The average molecular weight is 756 g/mol. The van der Waals surface area contributed by atoms with Crippen LogP contribution in [-0.4, -0.2) is 24.9 Å². The Hall–Kier alpha value is -8.09. The zero-order valence-electron chi connectivity index (χ0n) is 31.7. The molecule has 8 aromatic carbocycles. The maximum atomic E-state index is 6.43. The molecule has 0 saturated carbocycles. The van der Waals surface area contributed by atoms with E-state index < -0.39 is 0 Å². The van der Waals surface area contributed by atoms with Crippen molar-refractivity contribution in [1.29, 1.82) is 0 Å². The van der Waals surface area contributed by atoms with Gasteiger partial charge < -0.3 is 4.42 Å². The quantitative estimate of drug-likeness (QED) is 0.161. The van der Waals surface area contributed by atoms with Crippen LogP contribution in [0.4, 0.5) is 0 Å². The van der Waals surface area contributed by atoms with Gasteiger partial charge in [-0.3, -0.25) is 0 Å². The Morgan fingerprint density at radius 1 is 0.288 bits per heavy atom. The third kappa shape index (κ3) is 6.39. The summed E-state index contributed by atoms with van der Waals surface area (Å²) in [5, 5.41) is 4.39. The molecule has 0 N–H and O–H groups in total. The van der Waals surface area contributed by atoms with Gasteiger partial charge in [-0.25, -0.2) is 24.9 Å². The lowest BCUT2D eigenvalue weighted by Crippen LogP contribution is -2.00. The third-order valence-electron chi connectivity index (χ3n) is 10.7. The minimum atomic E-state index is 0.547. The summed E-state index contributed by atoms with van der Waals surface area (Å²) in [6, 6.07) is 68.2. The normalized spacial score (nSPS) is 11.4. The number of fused-ring (bicyclic) bond motifs is 4. The Morgan fingerprint density at radius 2 is 0.780 bits per heavy atom. The van der Waals surface area contributed by atoms with E-state index in [1.807, 2.05) is 78.9 Å². The van der Waals surface area contributed by atoms with Gasteiger partial charge in [0.15, 0.2) is 23.3 Å². The Balaban J connectivity index is 1.02. The van der Waals surface area contributed by atoms with Crippen molar-refractivity contribution in [3.8, 4) is 79.2 Å². The van der Waals surface area contributed by atoms with Crippen molar-refractivity contribution in [1.82, 2.24) is 24.9 Å². The van der Waals surface area contributed by atoms with E-state index in [1.165, 1.54) is 5.39 Å². The summed E-state index contributed by atoms with van der Waals surface area (Å²) in [4.78, 5) is 25.5. The maximum Gasteiger partial charge on any atom is 0.167 e. The van der Waals surface area contributed by atoms with E-state index in [4.69, 9.17) is 29.3 Å². The fourth-order valence-corrected chi connectivity index (χ4v) is 7.86. The van der Waals surface area contributed by atoms with Gasteiger partial charge in [-0.1, -0.05) is 170 Å². The first kappa shape index (κ1) is 34.2. The van der Waals surface area contributed by atoms with E-state index in [0.717, 1.165) is 83.2 Å². The topological polar surface area (TPSA) is 77.6 Å². The fraction of sp³-hybridized carbons (Fsp3) is 0. The molecular formula is C53H33N5O. The number of aromatic nitrogens is 5. The summed E-state index contributed by atoms with van der Waals surface area (Å²) in [5.41, 5.74) is 11.0. The first-order chi connectivity index (χ1) is 29.2. The van der Waals surface area contributed by atoms with Gasteiger partial charge in [-0.2, -0.15) is 0 Å². The second kappa shape index (κ2) is 14.4. The highest BCUT2D eigenvalue weighted by molar-refractivity contribution is 6.09. The molecule has 0 unspecified atom stereocenters. The predicted molar refractivity (Wildman–Crippen MR) is 238 cm³/mol. The number of nitrogens with zero attached hydrogens (tertiary/aromatic N) is 5. The largest absolute Gasteiger partial charge is 0.455 e. The van der Waals surface area contributed by atoms with Crippen LogP contribution in [0.15, 0.2) is 205 Å². The van der Waals surface area contributed by atoms with E-state index in [-0.39, 0.29) is 0 Å². The molecule has 0 radical (unpaired) electrons. The summed E-state index contributed by atoms with van der Waals surface area (Å²) in [6.07, 6.45) is 0. The predicted octanol–water partition coefficient (Wildman–Crippen LogP) is 13.4. The first-order valence-corrected chi connectivity index (χ1v) is 19.6. The lowest BCUT2D eigenvalue weighted by Gasteiger charge is -2.12. The molecule has 0 saturated heterocycles. The van der Waals surface area contributed by atoms with Gasteiger partial charge in [0.1, 0.15) is 11.2 Å². The highest BCUT2D eigenvalue weighted by atomic mass is 16.3. The summed E-state index contributed by atoms with van der Waals surface area (Å²) in [5.74, 6) is 2.39. The van der Waals surface area contributed by atoms with Crippen molar-refractivity contribution in [3.63, 3.8) is 0 Å². The number of furan rings is 1. The van der Waals surface area contributed by atoms with Gasteiger partial charge in [-0.05, 0) is 52.2 Å². The molecule has 3 heterocycles. The van der Waals surface area contributed by atoms with E-state index in [9.17, 15) is 0 Å². The summed E-state index contributed by atoms with van der Waals surface area (Å²) in [7, 11) is 0. The highest BCUT2D eigenvalue weighted by Crippen LogP contribution is 2.37.